The second-order valence-corrected chi connectivity index (χ2v) is 4.66. The number of hydrogen-bond acceptors (Lipinski definition) is 6. The van der Waals surface area contributed by atoms with Crippen molar-refractivity contribution in [3.63, 3.8) is 0 Å². The van der Waals surface area contributed by atoms with E-state index in [1.807, 2.05) is 0 Å². The van der Waals surface area contributed by atoms with Gasteiger partial charge in [0.05, 0.1) is 17.6 Å². The van der Waals surface area contributed by atoms with Gasteiger partial charge in [-0.3, -0.25) is 14.9 Å². The molecule has 0 radical (unpaired) electrons. The van der Waals surface area contributed by atoms with Crippen molar-refractivity contribution in [2.75, 3.05) is 19.0 Å². The quantitative estimate of drug-likeness (QED) is 0.495. The molecule has 0 unspecified atom stereocenters. The van der Waals surface area contributed by atoms with Gasteiger partial charge in [-0.15, -0.1) is 0 Å². The van der Waals surface area contributed by atoms with Crippen LogP contribution in [0.3, 0.4) is 0 Å². The number of hydrogen-bond donors (Lipinski definition) is 1. The lowest BCUT2D eigenvalue weighted by atomic mass is 10.2. The van der Waals surface area contributed by atoms with Crippen molar-refractivity contribution in [1.29, 1.82) is 0 Å². The van der Waals surface area contributed by atoms with Crippen molar-refractivity contribution < 1.29 is 24.0 Å². The van der Waals surface area contributed by atoms with E-state index in [9.17, 15) is 19.7 Å². The molecule has 0 aliphatic heterocycles. The predicted octanol–water partition coefficient (Wildman–Crippen LogP) is 2.40. The lowest BCUT2D eigenvalue weighted by molar-refractivity contribution is -0.384. The normalized spacial score (nSPS) is 9.88. The van der Waals surface area contributed by atoms with E-state index in [0.29, 0.717) is 17.0 Å². The van der Waals surface area contributed by atoms with Crippen LogP contribution in [-0.4, -0.2) is 30.5 Å². The summed E-state index contributed by atoms with van der Waals surface area (Å²) in [5.41, 5.74) is 0.573. The van der Waals surface area contributed by atoms with Crippen molar-refractivity contribution >= 4 is 23.3 Å². The van der Waals surface area contributed by atoms with Gasteiger partial charge in [0.15, 0.2) is 6.61 Å². The first-order valence-electron chi connectivity index (χ1n) is 6.85. The second kappa shape index (κ2) is 7.73. The number of non-ortho nitro benzene ring substituents is 1. The Morgan fingerprint density at radius 2 is 1.71 bits per heavy atom. The van der Waals surface area contributed by atoms with Gasteiger partial charge in [0, 0.05) is 17.8 Å². The standard InChI is InChI=1S/C16H14N2O6/c1-23-14-8-2-11(3-9-14)16(20)24-10-15(19)17-12-4-6-13(7-5-12)18(21)22/h2-9H,10H2,1H3,(H,17,19). The molecule has 24 heavy (non-hydrogen) atoms. The SMILES string of the molecule is COc1ccc(C(=O)OCC(=O)Nc2ccc([N+](=O)[O-])cc2)cc1. The van der Waals surface area contributed by atoms with Crippen LogP contribution in [0.5, 0.6) is 5.75 Å². The Morgan fingerprint density at radius 1 is 1.08 bits per heavy atom. The third-order valence-corrected chi connectivity index (χ3v) is 3.02. The fourth-order valence-corrected chi connectivity index (χ4v) is 1.81. The Labute approximate surface area is 137 Å². The minimum atomic E-state index is -0.642. The van der Waals surface area contributed by atoms with E-state index >= 15 is 0 Å². The van der Waals surface area contributed by atoms with E-state index in [1.54, 1.807) is 12.1 Å². The lowest BCUT2D eigenvalue weighted by Gasteiger charge is -2.07. The molecule has 0 aliphatic carbocycles. The molecule has 2 rings (SSSR count). The van der Waals surface area contributed by atoms with E-state index in [0.717, 1.165) is 0 Å². The van der Waals surface area contributed by atoms with E-state index in [2.05, 4.69) is 5.32 Å². The maximum Gasteiger partial charge on any atom is 0.338 e. The molecule has 124 valence electrons. The number of carbonyl (C=O) groups excluding carboxylic acids is 2. The van der Waals surface area contributed by atoms with Crippen LogP contribution in [-0.2, 0) is 9.53 Å². The first-order chi connectivity index (χ1) is 11.5. The summed E-state index contributed by atoms with van der Waals surface area (Å²) in [4.78, 5) is 33.5. The average Bonchev–Trinajstić information content (AvgIpc) is 2.60. The minimum Gasteiger partial charge on any atom is -0.497 e. The van der Waals surface area contributed by atoms with Gasteiger partial charge >= 0.3 is 5.97 Å². The largest absolute Gasteiger partial charge is 0.497 e. The monoisotopic (exact) mass is 330 g/mol. The highest BCUT2D eigenvalue weighted by Gasteiger charge is 2.11. The molecule has 2 aromatic carbocycles. The van der Waals surface area contributed by atoms with Gasteiger partial charge in [0.1, 0.15) is 5.75 Å². The second-order valence-electron chi connectivity index (χ2n) is 4.66. The van der Waals surface area contributed by atoms with Crippen LogP contribution in [0.2, 0.25) is 0 Å². The van der Waals surface area contributed by atoms with Crippen LogP contribution >= 0.6 is 0 Å². The fraction of sp³-hybridized carbons (Fsp3) is 0.125. The molecule has 0 fully saturated rings. The molecule has 8 nitrogen and oxygen atoms in total. The molecule has 1 amide bonds. The van der Waals surface area contributed by atoms with Gasteiger partial charge in [0.2, 0.25) is 0 Å². The third-order valence-electron chi connectivity index (χ3n) is 3.02. The molecule has 0 aliphatic rings. The number of nitro groups is 1. The Morgan fingerprint density at radius 3 is 2.25 bits per heavy atom. The van der Waals surface area contributed by atoms with Gasteiger partial charge in [-0.1, -0.05) is 0 Å². The summed E-state index contributed by atoms with van der Waals surface area (Å²) < 4.78 is 9.88. The summed E-state index contributed by atoms with van der Waals surface area (Å²) in [6, 6.07) is 11.6. The number of amides is 1. The molecule has 0 bridgehead atoms. The van der Waals surface area contributed by atoms with Gasteiger partial charge in [-0.25, -0.2) is 4.79 Å². The van der Waals surface area contributed by atoms with Crippen LogP contribution in [0.1, 0.15) is 10.4 Å². The topological polar surface area (TPSA) is 108 Å². The smallest absolute Gasteiger partial charge is 0.338 e. The molecule has 8 heteroatoms. The Kier molecular flexibility index (Phi) is 5.45. The maximum atomic E-state index is 11.8. The molecule has 0 spiro atoms. The molecule has 0 atom stereocenters. The van der Waals surface area contributed by atoms with Crippen LogP contribution in [0, 0.1) is 10.1 Å². The first-order valence-corrected chi connectivity index (χ1v) is 6.85. The summed E-state index contributed by atoms with van der Waals surface area (Å²) in [6.07, 6.45) is 0. The number of anilines is 1. The summed E-state index contributed by atoms with van der Waals surface area (Å²) in [6.45, 7) is -0.470. The summed E-state index contributed by atoms with van der Waals surface area (Å²) in [7, 11) is 1.51. The number of esters is 1. The average molecular weight is 330 g/mol. The molecule has 1 N–H and O–H groups in total. The molecule has 0 heterocycles. The Hall–Kier alpha value is -3.42. The third kappa shape index (κ3) is 4.54. The number of benzene rings is 2. The molecular formula is C16H14N2O6. The fourth-order valence-electron chi connectivity index (χ4n) is 1.81. The number of nitrogens with one attached hydrogen (secondary N) is 1. The van der Waals surface area contributed by atoms with Crippen molar-refractivity contribution in [3.05, 3.63) is 64.2 Å². The number of methoxy groups -OCH3 is 1. The van der Waals surface area contributed by atoms with Crippen molar-refractivity contribution in [2.24, 2.45) is 0 Å². The van der Waals surface area contributed by atoms with E-state index in [1.165, 1.54) is 43.5 Å². The highest BCUT2D eigenvalue weighted by Crippen LogP contribution is 2.15. The zero-order chi connectivity index (χ0) is 17.5. The van der Waals surface area contributed by atoms with E-state index < -0.39 is 23.4 Å². The van der Waals surface area contributed by atoms with E-state index in [-0.39, 0.29) is 5.69 Å². The zero-order valence-corrected chi connectivity index (χ0v) is 12.7. The molecule has 0 saturated carbocycles. The lowest BCUT2D eigenvalue weighted by Crippen LogP contribution is -2.20. The summed E-state index contributed by atoms with van der Waals surface area (Å²) >= 11 is 0. The predicted molar refractivity (Wildman–Crippen MR) is 85.0 cm³/mol. The van der Waals surface area contributed by atoms with Crippen molar-refractivity contribution in [2.45, 2.75) is 0 Å². The van der Waals surface area contributed by atoms with Gasteiger partial charge < -0.3 is 14.8 Å². The number of nitro benzene ring substituents is 1. The maximum absolute atomic E-state index is 11.8. The van der Waals surface area contributed by atoms with Crippen LogP contribution in [0.4, 0.5) is 11.4 Å². The first kappa shape index (κ1) is 16.9. The zero-order valence-electron chi connectivity index (χ0n) is 12.7. The van der Waals surface area contributed by atoms with Crippen molar-refractivity contribution in [1.82, 2.24) is 0 Å². The number of rotatable bonds is 6. The highest BCUT2D eigenvalue weighted by molar-refractivity contribution is 5.95. The van der Waals surface area contributed by atoms with Gasteiger partial charge in [-0.2, -0.15) is 0 Å². The number of ether oxygens (including phenoxy) is 2. The van der Waals surface area contributed by atoms with Crippen LogP contribution < -0.4 is 10.1 Å². The number of carbonyl (C=O) groups is 2. The number of nitrogens with zero attached hydrogens (tertiary/aromatic N) is 1. The minimum absolute atomic E-state index is 0.0843. The molecule has 0 aromatic heterocycles. The van der Waals surface area contributed by atoms with Crippen LogP contribution in [0.15, 0.2) is 48.5 Å². The van der Waals surface area contributed by atoms with E-state index in [4.69, 9.17) is 9.47 Å². The Bertz CT molecular complexity index is 740. The molecular weight excluding hydrogens is 316 g/mol. The van der Waals surface area contributed by atoms with Gasteiger partial charge in [-0.05, 0) is 36.4 Å². The molecule has 2 aromatic rings. The summed E-state index contributed by atoms with van der Waals surface area (Å²) in [5.74, 6) is -0.593. The van der Waals surface area contributed by atoms with Gasteiger partial charge in [0.25, 0.3) is 11.6 Å². The van der Waals surface area contributed by atoms with Crippen LogP contribution in [0.25, 0.3) is 0 Å². The summed E-state index contributed by atoms with van der Waals surface area (Å²) in [5, 5.41) is 13.0. The Balaban J connectivity index is 1.85. The molecule has 0 saturated heterocycles. The van der Waals surface area contributed by atoms with Crippen molar-refractivity contribution in [3.8, 4) is 5.75 Å². The highest BCUT2D eigenvalue weighted by atomic mass is 16.6.